The second-order valence-electron chi connectivity index (χ2n) is 6.82. The first-order valence-electron chi connectivity index (χ1n) is 8.43. The molecule has 2 saturated heterocycles. The lowest BCUT2D eigenvalue weighted by Crippen LogP contribution is -2.49. The second kappa shape index (κ2) is 6.46. The summed E-state index contributed by atoms with van der Waals surface area (Å²) in [7, 11) is 0. The Morgan fingerprint density at radius 1 is 1.13 bits per heavy atom. The van der Waals surface area contributed by atoms with Crippen LogP contribution in [0.2, 0.25) is 0 Å². The van der Waals surface area contributed by atoms with E-state index in [2.05, 4.69) is 36.1 Å². The van der Waals surface area contributed by atoms with Crippen molar-refractivity contribution < 1.29 is 13.6 Å². The number of aryl methyl sites for hydroxylation is 1. The third-order valence-electron chi connectivity index (χ3n) is 4.95. The molecule has 0 saturated carbocycles. The van der Waals surface area contributed by atoms with Gasteiger partial charge in [-0.1, -0.05) is 17.7 Å². The van der Waals surface area contributed by atoms with E-state index < -0.39 is 12.5 Å². The van der Waals surface area contributed by atoms with Gasteiger partial charge in [0.2, 0.25) is 5.91 Å². The number of halogens is 2. The molecule has 0 aromatic heterocycles. The monoisotopic (exact) mass is 322 g/mol. The van der Waals surface area contributed by atoms with Crippen LogP contribution in [0.4, 0.5) is 14.5 Å². The van der Waals surface area contributed by atoms with Crippen molar-refractivity contribution in [3.8, 4) is 0 Å². The molecule has 0 bridgehead atoms. The molecule has 0 atom stereocenters. The third-order valence-corrected chi connectivity index (χ3v) is 4.95. The number of anilines is 1. The first-order chi connectivity index (χ1) is 10.9. The Balaban J connectivity index is 1.56. The van der Waals surface area contributed by atoms with E-state index in [1.165, 1.54) is 16.2 Å². The Bertz CT molecular complexity index is 551. The molecule has 5 heteroatoms. The van der Waals surface area contributed by atoms with Gasteiger partial charge in [0.1, 0.15) is 0 Å². The van der Waals surface area contributed by atoms with Crippen molar-refractivity contribution >= 4 is 11.6 Å². The van der Waals surface area contributed by atoms with Gasteiger partial charge in [-0.25, -0.2) is 8.78 Å². The van der Waals surface area contributed by atoms with E-state index in [1.54, 1.807) is 0 Å². The third kappa shape index (κ3) is 3.82. The zero-order valence-electron chi connectivity index (χ0n) is 13.6. The summed E-state index contributed by atoms with van der Waals surface area (Å²) in [5, 5.41) is 0. The van der Waals surface area contributed by atoms with Crippen molar-refractivity contribution in [3.05, 3.63) is 29.8 Å². The molecule has 1 aromatic rings. The molecule has 3 rings (SSSR count). The SMILES string of the molecule is Cc1ccc(N2CCC(C(=O)N3CCCC(F)(F)C3)CC2)cc1. The van der Waals surface area contributed by atoms with Crippen molar-refractivity contribution in [2.24, 2.45) is 5.92 Å². The van der Waals surface area contributed by atoms with E-state index in [9.17, 15) is 13.6 Å². The maximum atomic E-state index is 13.5. The van der Waals surface area contributed by atoms with Gasteiger partial charge in [-0.15, -0.1) is 0 Å². The molecule has 126 valence electrons. The van der Waals surface area contributed by atoms with E-state index >= 15 is 0 Å². The fourth-order valence-corrected chi connectivity index (χ4v) is 3.55. The van der Waals surface area contributed by atoms with Gasteiger partial charge in [-0.2, -0.15) is 0 Å². The van der Waals surface area contributed by atoms with Crippen molar-refractivity contribution in [2.45, 2.75) is 38.5 Å². The predicted octanol–water partition coefficient (Wildman–Crippen LogP) is 3.47. The highest BCUT2D eigenvalue weighted by Gasteiger charge is 2.39. The van der Waals surface area contributed by atoms with Gasteiger partial charge in [-0.3, -0.25) is 4.79 Å². The molecule has 2 aliphatic rings. The molecule has 1 amide bonds. The highest BCUT2D eigenvalue weighted by atomic mass is 19.3. The summed E-state index contributed by atoms with van der Waals surface area (Å²) in [5.74, 6) is -2.89. The molecule has 23 heavy (non-hydrogen) atoms. The van der Waals surface area contributed by atoms with Gasteiger partial charge in [0.05, 0.1) is 6.54 Å². The maximum absolute atomic E-state index is 13.5. The van der Waals surface area contributed by atoms with E-state index in [0.717, 1.165) is 25.9 Å². The van der Waals surface area contributed by atoms with E-state index in [4.69, 9.17) is 0 Å². The summed E-state index contributed by atoms with van der Waals surface area (Å²) in [6.07, 6.45) is 1.80. The summed E-state index contributed by atoms with van der Waals surface area (Å²) in [6.45, 7) is 3.76. The number of alkyl halides is 2. The zero-order chi connectivity index (χ0) is 16.4. The first-order valence-corrected chi connectivity index (χ1v) is 8.43. The van der Waals surface area contributed by atoms with Crippen LogP contribution < -0.4 is 4.90 Å². The average molecular weight is 322 g/mol. The van der Waals surface area contributed by atoms with Gasteiger partial charge < -0.3 is 9.80 Å². The number of carbonyl (C=O) groups is 1. The molecular weight excluding hydrogens is 298 g/mol. The summed E-state index contributed by atoms with van der Waals surface area (Å²) in [4.78, 5) is 16.2. The van der Waals surface area contributed by atoms with Gasteiger partial charge in [0.15, 0.2) is 0 Å². The minimum atomic E-state index is -2.71. The molecule has 0 N–H and O–H groups in total. The average Bonchev–Trinajstić information content (AvgIpc) is 2.54. The molecule has 3 nitrogen and oxygen atoms in total. The summed E-state index contributed by atoms with van der Waals surface area (Å²) < 4.78 is 27.0. The number of nitrogens with zero attached hydrogens (tertiary/aromatic N) is 2. The highest BCUT2D eigenvalue weighted by molar-refractivity contribution is 5.79. The Morgan fingerprint density at radius 2 is 1.78 bits per heavy atom. The highest BCUT2D eigenvalue weighted by Crippen LogP contribution is 2.30. The van der Waals surface area contributed by atoms with E-state index in [-0.39, 0.29) is 18.2 Å². The van der Waals surface area contributed by atoms with E-state index in [0.29, 0.717) is 13.0 Å². The van der Waals surface area contributed by atoms with Gasteiger partial charge in [-0.05, 0) is 38.3 Å². The first kappa shape index (κ1) is 16.2. The van der Waals surface area contributed by atoms with Crippen molar-refractivity contribution in [3.63, 3.8) is 0 Å². The quantitative estimate of drug-likeness (QED) is 0.832. The number of amides is 1. The Morgan fingerprint density at radius 3 is 2.39 bits per heavy atom. The number of piperidine rings is 2. The lowest BCUT2D eigenvalue weighted by Gasteiger charge is -2.38. The number of hydrogen-bond acceptors (Lipinski definition) is 2. The van der Waals surface area contributed by atoms with Crippen LogP contribution in [0.3, 0.4) is 0 Å². The summed E-state index contributed by atoms with van der Waals surface area (Å²) in [6, 6.07) is 8.37. The maximum Gasteiger partial charge on any atom is 0.265 e. The molecule has 0 radical (unpaired) electrons. The lowest BCUT2D eigenvalue weighted by molar-refractivity contribution is -0.146. The van der Waals surface area contributed by atoms with Gasteiger partial charge in [0.25, 0.3) is 5.92 Å². The fraction of sp³-hybridized carbons (Fsp3) is 0.611. The standard InChI is InChI=1S/C18H24F2N2O/c1-14-3-5-16(6-4-14)21-11-7-15(8-12-21)17(23)22-10-2-9-18(19,20)13-22/h3-6,15H,2,7-13H2,1H3. The lowest BCUT2D eigenvalue weighted by atomic mass is 9.93. The minimum Gasteiger partial charge on any atom is -0.371 e. The molecule has 2 heterocycles. The molecule has 0 aliphatic carbocycles. The second-order valence-corrected chi connectivity index (χ2v) is 6.82. The van der Waals surface area contributed by atoms with Crippen LogP contribution in [0.5, 0.6) is 0 Å². The van der Waals surface area contributed by atoms with E-state index in [1.807, 2.05) is 0 Å². The Labute approximate surface area is 136 Å². The molecule has 0 unspecified atom stereocenters. The van der Waals surface area contributed by atoms with Crippen LogP contribution in [0.25, 0.3) is 0 Å². The largest absolute Gasteiger partial charge is 0.371 e. The molecule has 2 fully saturated rings. The topological polar surface area (TPSA) is 23.6 Å². The summed E-state index contributed by atoms with van der Waals surface area (Å²) in [5.41, 5.74) is 2.40. The number of hydrogen-bond donors (Lipinski definition) is 0. The predicted molar refractivity (Wildman–Crippen MR) is 86.9 cm³/mol. The molecule has 0 spiro atoms. The molecule has 1 aromatic carbocycles. The van der Waals surface area contributed by atoms with Crippen molar-refractivity contribution in [1.82, 2.24) is 4.90 Å². The number of benzene rings is 1. The van der Waals surface area contributed by atoms with Crippen LogP contribution in [0.1, 0.15) is 31.2 Å². The van der Waals surface area contributed by atoms with Crippen LogP contribution in [0, 0.1) is 12.8 Å². The number of likely N-dealkylation sites (tertiary alicyclic amines) is 1. The molecular formula is C18H24F2N2O. The van der Waals surface area contributed by atoms with Gasteiger partial charge >= 0.3 is 0 Å². The van der Waals surface area contributed by atoms with Crippen LogP contribution in [-0.4, -0.2) is 42.9 Å². The summed E-state index contributed by atoms with van der Waals surface area (Å²) >= 11 is 0. The Kier molecular flexibility index (Phi) is 4.55. The van der Waals surface area contributed by atoms with Crippen molar-refractivity contribution in [2.75, 3.05) is 31.1 Å². The Hall–Kier alpha value is -1.65. The van der Waals surface area contributed by atoms with Crippen LogP contribution >= 0.6 is 0 Å². The number of rotatable bonds is 2. The fourth-order valence-electron chi connectivity index (χ4n) is 3.55. The normalized spacial score (nSPS) is 22.2. The van der Waals surface area contributed by atoms with Crippen LogP contribution in [0.15, 0.2) is 24.3 Å². The minimum absolute atomic E-state index is 0.0760. The molecule has 2 aliphatic heterocycles. The van der Waals surface area contributed by atoms with Crippen LogP contribution in [-0.2, 0) is 4.79 Å². The van der Waals surface area contributed by atoms with Crippen molar-refractivity contribution in [1.29, 1.82) is 0 Å². The smallest absolute Gasteiger partial charge is 0.265 e. The van der Waals surface area contributed by atoms with Gasteiger partial charge in [0, 0.05) is 37.7 Å². The zero-order valence-corrected chi connectivity index (χ0v) is 13.6. The number of carbonyl (C=O) groups excluding carboxylic acids is 1.